The van der Waals surface area contributed by atoms with Gasteiger partial charge in [-0.3, -0.25) is 4.79 Å². The SMILES string of the molecule is CCN(c1cccc(C)c1)c1cn[nH]c(=O)c1Cl. The molecule has 0 aliphatic carbocycles. The third kappa shape index (κ3) is 2.38. The number of aromatic nitrogens is 2. The van der Waals surface area contributed by atoms with Gasteiger partial charge in [-0.25, -0.2) is 5.10 Å². The molecule has 1 N–H and O–H groups in total. The van der Waals surface area contributed by atoms with E-state index in [0.29, 0.717) is 12.2 Å². The minimum Gasteiger partial charge on any atom is -0.339 e. The van der Waals surface area contributed by atoms with Crippen molar-refractivity contribution in [1.29, 1.82) is 0 Å². The summed E-state index contributed by atoms with van der Waals surface area (Å²) in [5, 5.41) is 6.28. The summed E-state index contributed by atoms with van der Waals surface area (Å²) in [6.07, 6.45) is 1.57. The van der Waals surface area contributed by atoms with Crippen LogP contribution in [0.15, 0.2) is 35.3 Å². The minimum absolute atomic E-state index is 0.161. The Labute approximate surface area is 110 Å². The Hall–Kier alpha value is -1.81. The molecule has 0 unspecified atom stereocenters. The Morgan fingerprint density at radius 2 is 2.22 bits per heavy atom. The number of anilines is 2. The molecule has 0 bridgehead atoms. The summed E-state index contributed by atoms with van der Waals surface area (Å²) in [4.78, 5) is 13.4. The molecule has 0 atom stereocenters. The number of benzene rings is 1. The lowest BCUT2D eigenvalue weighted by Crippen LogP contribution is -2.20. The van der Waals surface area contributed by atoms with Crippen LogP contribution in [0.1, 0.15) is 12.5 Å². The van der Waals surface area contributed by atoms with Gasteiger partial charge in [0.2, 0.25) is 0 Å². The molecule has 0 amide bonds. The number of H-pyrrole nitrogens is 1. The van der Waals surface area contributed by atoms with Gasteiger partial charge in [0.1, 0.15) is 5.02 Å². The van der Waals surface area contributed by atoms with E-state index in [-0.39, 0.29) is 10.6 Å². The Morgan fingerprint density at radius 3 is 2.89 bits per heavy atom. The molecule has 18 heavy (non-hydrogen) atoms. The van der Waals surface area contributed by atoms with Crippen LogP contribution in [0.3, 0.4) is 0 Å². The van der Waals surface area contributed by atoms with E-state index >= 15 is 0 Å². The first kappa shape index (κ1) is 12.6. The lowest BCUT2D eigenvalue weighted by Gasteiger charge is -2.23. The van der Waals surface area contributed by atoms with Crippen molar-refractivity contribution in [3.05, 3.63) is 51.4 Å². The highest BCUT2D eigenvalue weighted by Gasteiger charge is 2.13. The Kier molecular flexibility index (Phi) is 3.67. The summed E-state index contributed by atoms with van der Waals surface area (Å²) in [6.45, 7) is 4.73. The monoisotopic (exact) mass is 263 g/mol. The summed E-state index contributed by atoms with van der Waals surface area (Å²) < 4.78 is 0. The van der Waals surface area contributed by atoms with E-state index in [1.165, 1.54) is 0 Å². The molecular formula is C13H14ClN3O. The first-order valence-corrected chi connectivity index (χ1v) is 6.08. The molecule has 0 fully saturated rings. The molecule has 0 saturated carbocycles. The fourth-order valence-electron chi connectivity index (χ4n) is 1.85. The Balaban J connectivity index is 2.52. The molecule has 2 rings (SSSR count). The van der Waals surface area contributed by atoms with Gasteiger partial charge in [0.25, 0.3) is 5.56 Å². The van der Waals surface area contributed by atoms with E-state index in [0.717, 1.165) is 11.3 Å². The average Bonchev–Trinajstić information content (AvgIpc) is 2.35. The lowest BCUT2D eigenvalue weighted by atomic mass is 10.2. The predicted molar refractivity (Wildman–Crippen MR) is 73.7 cm³/mol. The zero-order valence-electron chi connectivity index (χ0n) is 10.3. The molecule has 0 saturated heterocycles. The number of halogens is 1. The largest absolute Gasteiger partial charge is 0.339 e. The number of rotatable bonds is 3. The second kappa shape index (κ2) is 5.23. The summed E-state index contributed by atoms with van der Waals surface area (Å²) >= 11 is 6.03. The van der Waals surface area contributed by atoms with Crippen LogP contribution in [0.5, 0.6) is 0 Å². The van der Waals surface area contributed by atoms with E-state index in [1.807, 2.05) is 43.0 Å². The van der Waals surface area contributed by atoms with Crippen molar-refractivity contribution >= 4 is 23.0 Å². The summed E-state index contributed by atoms with van der Waals surface area (Å²) in [5.74, 6) is 0. The van der Waals surface area contributed by atoms with Crippen molar-refractivity contribution in [1.82, 2.24) is 10.2 Å². The number of hydrogen-bond acceptors (Lipinski definition) is 3. The first-order chi connectivity index (χ1) is 8.63. The second-order valence-electron chi connectivity index (χ2n) is 3.98. The number of hydrogen-bond donors (Lipinski definition) is 1. The number of nitrogens with zero attached hydrogens (tertiary/aromatic N) is 2. The van der Waals surface area contributed by atoms with Crippen LogP contribution in [0.25, 0.3) is 0 Å². The summed E-state index contributed by atoms with van der Waals surface area (Å²) in [7, 11) is 0. The van der Waals surface area contributed by atoms with Crippen LogP contribution in [-0.2, 0) is 0 Å². The van der Waals surface area contributed by atoms with Crippen molar-refractivity contribution in [2.75, 3.05) is 11.4 Å². The normalized spacial score (nSPS) is 10.4. The van der Waals surface area contributed by atoms with Gasteiger partial charge in [0.15, 0.2) is 0 Å². The third-order valence-corrected chi connectivity index (χ3v) is 3.06. The molecule has 1 aromatic carbocycles. The smallest absolute Gasteiger partial charge is 0.285 e. The summed E-state index contributed by atoms with van der Waals surface area (Å²) in [5.41, 5.74) is 2.39. The van der Waals surface area contributed by atoms with E-state index in [9.17, 15) is 4.79 Å². The van der Waals surface area contributed by atoms with Crippen LogP contribution in [-0.4, -0.2) is 16.7 Å². The van der Waals surface area contributed by atoms with Gasteiger partial charge in [-0.2, -0.15) is 5.10 Å². The quantitative estimate of drug-likeness (QED) is 0.926. The number of nitrogens with one attached hydrogen (secondary N) is 1. The van der Waals surface area contributed by atoms with Crippen molar-refractivity contribution in [3.63, 3.8) is 0 Å². The maximum atomic E-state index is 11.5. The second-order valence-corrected chi connectivity index (χ2v) is 4.36. The molecule has 94 valence electrons. The molecule has 1 heterocycles. The highest BCUT2D eigenvalue weighted by atomic mass is 35.5. The van der Waals surface area contributed by atoms with Gasteiger partial charge < -0.3 is 4.90 Å². The van der Waals surface area contributed by atoms with Gasteiger partial charge in [0, 0.05) is 12.2 Å². The molecule has 0 radical (unpaired) electrons. The van der Waals surface area contributed by atoms with Crippen LogP contribution in [0.4, 0.5) is 11.4 Å². The Morgan fingerprint density at radius 1 is 1.44 bits per heavy atom. The van der Waals surface area contributed by atoms with Crippen LogP contribution >= 0.6 is 11.6 Å². The van der Waals surface area contributed by atoms with E-state index < -0.39 is 0 Å². The van der Waals surface area contributed by atoms with Crippen LogP contribution in [0.2, 0.25) is 5.02 Å². The molecular weight excluding hydrogens is 250 g/mol. The van der Waals surface area contributed by atoms with Gasteiger partial charge in [-0.15, -0.1) is 0 Å². The lowest BCUT2D eigenvalue weighted by molar-refractivity contribution is 0.950. The molecule has 5 heteroatoms. The molecule has 1 aromatic heterocycles. The number of aromatic amines is 1. The van der Waals surface area contributed by atoms with E-state index in [1.54, 1.807) is 6.20 Å². The number of aryl methyl sites for hydroxylation is 1. The predicted octanol–water partition coefficient (Wildman–Crippen LogP) is 2.89. The average molecular weight is 264 g/mol. The molecule has 0 aliphatic heterocycles. The zero-order valence-corrected chi connectivity index (χ0v) is 11.0. The first-order valence-electron chi connectivity index (χ1n) is 5.71. The highest BCUT2D eigenvalue weighted by Crippen LogP contribution is 2.28. The van der Waals surface area contributed by atoms with Crippen molar-refractivity contribution in [2.45, 2.75) is 13.8 Å². The molecule has 0 aliphatic rings. The fraction of sp³-hybridized carbons (Fsp3) is 0.231. The molecule has 4 nitrogen and oxygen atoms in total. The van der Waals surface area contributed by atoms with Gasteiger partial charge in [0.05, 0.1) is 11.9 Å². The van der Waals surface area contributed by atoms with E-state index in [4.69, 9.17) is 11.6 Å². The van der Waals surface area contributed by atoms with Gasteiger partial charge in [-0.05, 0) is 31.5 Å². The highest BCUT2D eigenvalue weighted by molar-refractivity contribution is 6.33. The fourth-order valence-corrected chi connectivity index (χ4v) is 2.04. The maximum absolute atomic E-state index is 11.5. The minimum atomic E-state index is -0.375. The third-order valence-electron chi connectivity index (χ3n) is 2.70. The van der Waals surface area contributed by atoms with E-state index in [2.05, 4.69) is 10.2 Å². The van der Waals surface area contributed by atoms with Crippen LogP contribution < -0.4 is 10.5 Å². The van der Waals surface area contributed by atoms with Crippen LogP contribution in [0, 0.1) is 6.92 Å². The van der Waals surface area contributed by atoms with Gasteiger partial charge in [-0.1, -0.05) is 23.7 Å². The topological polar surface area (TPSA) is 49.0 Å². The van der Waals surface area contributed by atoms with Crippen molar-refractivity contribution < 1.29 is 0 Å². The molecule has 2 aromatic rings. The summed E-state index contributed by atoms with van der Waals surface area (Å²) in [6, 6.07) is 8.02. The molecule has 0 spiro atoms. The maximum Gasteiger partial charge on any atom is 0.285 e. The Bertz CT molecular complexity index is 609. The van der Waals surface area contributed by atoms with Crippen molar-refractivity contribution in [3.8, 4) is 0 Å². The van der Waals surface area contributed by atoms with Gasteiger partial charge >= 0.3 is 0 Å². The zero-order chi connectivity index (χ0) is 13.1. The standard InChI is InChI=1S/C13H14ClN3O/c1-3-17(10-6-4-5-9(2)7-10)11-8-15-16-13(18)12(11)14/h4-8H,3H2,1-2H3,(H,16,18). The van der Waals surface area contributed by atoms with Crippen molar-refractivity contribution in [2.24, 2.45) is 0 Å².